The third-order valence-electron chi connectivity index (χ3n) is 2.81. The quantitative estimate of drug-likeness (QED) is 0.836. The molecule has 0 heterocycles. The van der Waals surface area contributed by atoms with Gasteiger partial charge in [-0.2, -0.15) is 0 Å². The van der Waals surface area contributed by atoms with E-state index in [1.807, 2.05) is 0 Å². The number of amides is 2. The smallest absolute Gasteiger partial charge is 0.225 e. The summed E-state index contributed by atoms with van der Waals surface area (Å²) < 4.78 is 22.0. The average molecular weight is 312 g/mol. The van der Waals surface area contributed by atoms with Gasteiger partial charge in [-0.1, -0.05) is 6.92 Å². The molecule has 0 radical (unpaired) electrons. The van der Waals surface area contributed by atoms with Crippen molar-refractivity contribution in [1.29, 1.82) is 0 Å². The Kier molecular flexibility index (Phi) is 5.90. The first-order valence-electron chi connectivity index (χ1n) is 6.59. The van der Waals surface area contributed by atoms with E-state index in [9.17, 15) is 18.0 Å². The highest BCUT2D eigenvalue weighted by Gasteiger charge is 2.10. The van der Waals surface area contributed by atoms with Gasteiger partial charge in [0, 0.05) is 30.5 Å². The molecule has 0 saturated heterocycles. The largest absolute Gasteiger partial charge is 0.326 e. The lowest BCUT2D eigenvalue weighted by molar-refractivity contribution is -0.116. The van der Waals surface area contributed by atoms with Crippen LogP contribution in [-0.2, 0) is 19.4 Å². The molecule has 116 valence electrons. The van der Waals surface area contributed by atoms with E-state index in [4.69, 9.17) is 0 Å². The van der Waals surface area contributed by atoms with Crippen LogP contribution in [0, 0.1) is 6.92 Å². The van der Waals surface area contributed by atoms with E-state index in [1.165, 1.54) is 0 Å². The summed E-state index contributed by atoms with van der Waals surface area (Å²) in [6.07, 6.45) is 1.41. The predicted octanol–water partition coefficient (Wildman–Crippen LogP) is 1.72. The Morgan fingerprint density at radius 1 is 1.14 bits per heavy atom. The summed E-state index contributed by atoms with van der Waals surface area (Å²) in [6, 6.07) is 5.12. The van der Waals surface area contributed by atoms with Crippen molar-refractivity contribution < 1.29 is 18.0 Å². The zero-order valence-electron chi connectivity index (χ0n) is 12.4. The molecule has 0 bridgehead atoms. The lowest BCUT2D eigenvalue weighted by Crippen LogP contribution is -2.17. The molecule has 0 aliphatic carbocycles. The monoisotopic (exact) mass is 312 g/mol. The second-order valence-electron chi connectivity index (χ2n) is 4.86. The minimum atomic E-state index is -3.15. The molecule has 0 unspecified atom stereocenters. The van der Waals surface area contributed by atoms with Gasteiger partial charge < -0.3 is 10.6 Å². The second kappa shape index (κ2) is 7.21. The molecule has 0 aliphatic rings. The van der Waals surface area contributed by atoms with E-state index < -0.39 is 9.84 Å². The van der Waals surface area contributed by atoms with Crippen LogP contribution in [0.1, 0.15) is 25.3 Å². The molecule has 2 N–H and O–H groups in total. The molecule has 2 amide bonds. The lowest BCUT2D eigenvalue weighted by Gasteiger charge is -2.10. The number of benzene rings is 1. The van der Waals surface area contributed by atoms with Crippen LogP contribution in [0.15, 0.2) is 18.2 Å². The fraction of sp³-hybridized carbons (Fsp3) is 0.429. The normalized spacial score (nSPS) is 11.0. The van der Waals surface area contributed by atoms with Gasteiger partial charge >= 0.3 is 0 Å². The molecule has 1 aromatic carbocycles. The molecule has 0 spiro atoms. The highest BCUT2D eigenvalue weighted by molar-refractivity contribution is 7.90. The van der Waals surface area contributed by atoms with Crippen LogP contribution in [0.5, 0.6) is 0 Å². The molecule has 0 aromatic heterocycles. The Hall–Kier alpha value is -1.89. The van der Waals surface area contributed by atoms with Gasteiger partial charge in [-0.15, -0.1) is 0 Å². The fourth-order valence-electron chi connectivity index (χ4n) is 1.62. The second-order valence-corrected chi connectivity index (χ2v) is 7.12. The van der Waals surface area contributed by atoms with Gasteiger partial charge in [0.15, 0.2) is 0 Å². The van der Waals surface area contributed by atoms with Gasteiger partial charge in [0.25, 0.3) is 0 Å². The third-order valence-corrected chi connectivity index (χ3v) is 3.75. The topological polar surface area (TPSA) is 92.3 Å². The Bertz CT molecular complexity index is 638. The van der Waals surface area contributed by atoms with E-state index >= 15 is 0 Å². The Balaban J connectivity index is 2.68. The van der Waals surface area contributed by atoms with Crippen molar-refractivity contribution in [3.8, 4) is 0 Å². The van der Waals surface area contributed by atoms with Gasteiger partial charge in [0.05, 0.1) is 5.75 Å². The number of nitrogens with one attached hydrogen (secondary N) is 2. The number of hydrogen-bond donors (Lipinski definition) is 2. The molecule has 1 aromatic rings. The number of hydrogen-bond acceptors (Lipinski definition) is 4. The van der Waals surface area contributed by atoms with Crippen molar-refractivity contribution in [2.24, 2.45) is 0 Å². The van der Waals surface area contributed by atoms with Crippen LogP contribution < -0.4 is 10.6 Å². The third kappa shape index (κ3) is 6.40. The Morgan fingerprint density at radius 3 is 2.33 bits per heavy atom. The summed E-state index contributed by atoms with van der Waals surface area (Å²) in [4.78, 5) is 23.0. The van der Waals surface area contributed by atoms with Crippen molar-refractivity contribution in [3.63, 3.8) is 0 Å². The van der Waals surface area contributed by atoms with Crippen LogP contribution in [0.25, 0.3) is 0 Å². The highest BCUT2D eigenvalue weighted by atomic mass is 32.2. The zero-order chi connectivity index (χ0) is 16.0. The summed E-state index contributed by atoms with van der Waals surface area (Å²) in [5, 5.41) is 5.39. The standard InChI is InChI=1S/C14H20N2O4S/c1-4-13(17)15-11-5-6-12(10(2)9-11)16-14(18)7-8-21(3,19)20/h5-6,9H,4,7-8H2,1-3H3,(H,15,17)(H,16,18). The minimum absolute atomic E-state index is 0.0768. The van der Waals surface area contributed by atoms with E-state index in [0.29, 0.717) is 17.8 Å². The first-order chi connectivity index (χ1) is 9.71. The molecule has 0 aliphatic heterocycles. The molecular weight excluding hydrogens is 292 g/mol. The van der Waals surface area contributed by atoms with Crippen molar-refractivity contribution >= 4 is 33.0 Å². The summed E-state index contributed by atoms with van der Waals surface area (Å²) in [5.74, 6) is -0.615. The number of carbonyl (C=O) groups is 2. The highest BCUT2D eigenvalue weighted by Crippen LogP contribution is 2.20. The Morgan fingerprint density at radius 2 is 1.81 bits per heavy atom. The fourth-order valence-corrected chi connectivity index (χ4v) is 2.18. The summed E-state index contributed by atoms with van der Waals surface area (Å²) in [6.45, 7) is 3.56. The lowest BCUT2D eigenvalue weighted by atomic mass is 10.1. The predicted molar refractivity (Wildman–Crippen MR) is 83.1 cm³/mol. The van der Waals surface area contributed by atoms with E-state index in [-0.39, 0.29) is 24.0 Å². The number of aryl methyl sites for hydroxylation is 1. The maximum absolute atomic E-state index is 11.7. The van der Waals surface area contributed by atoms with Crippen molar-refractivity contribution in [1.82, 2.24) is 0 Å². The van der Waals surface area contributed by atoms with E-state index in [0.717, 1.165) is 11.8 Å². The van der Waals surface area contributed by atoms with E-state index in [2.05, 4.69) is 10.6 Å². The molecule has 6 nitrogen and oxygen atoms in total. The SMILES string of the molecule is CCC(=O)Nc1ccc(NC(=O)CCS(C)(=O)=O)c(C)c1. The maximum Gasteiger partial charge on any atom is 0.225 e. The molecule has 7 heteroatoms. The molecule has 0 saturated carbocycles. The van der Waals surface area contributed by atoms with Crippen LogP contribution in [0.2, 0.25) is 0 Å². The minimum Gasteiger partial charge on any atom is -0.326 e. The molecule has 0 fully saturated rings. The van der Waals surface area contributed by atoms with Crippen LogP contribution in [-0.4, -0.2) is 32.2 Å². The number of carbonyl (C=O) groups excluding carboxylic acids is 2. The van der Waals surface area contributed by atoms with Gasteiger partial charge in [0.2, 0.25) is 11.8 Å². The number of sulfone groups is 1. The van der Waals surface area contributed by atoms with Gasteiger partial charge in [-0.05, 0) is 30.7 Å². The molecule has 0 atom stereocenters. The first kappa shape index (κ1) is 17.2. The molecular formula is C14H20N2O4S. The summed E-state index contributed by atoms with van der Waals surface area (Å²) in [7, 11) is -3.15. The molecule has 1 rings (SSSR count). The zero-order valence-corrected chi connectivity index (χ0v) is 13.2. The van der Waals surface area contributed by atoms with Gasteiger partial charge in [0.1, 0.15) is 9.84 Å². The number of rotatable bonds is 6. The molecule has 21 heavy (non-hydrogen) atoms. The summed E-state index contributed by atoms with van der Waals surface area (Å²) >= 11 is 0. The van der Waals surface area contributed by atoms with Crippen molar-refractivity contribution in [3.05, 3.63) is 23.8 Å². The van der Waals surface area contributed by atoms with E-state index in [1.54, 1.807) is 32.0 Å². The summed E-state index contributed by atoms with van der Waals surface area (Å²) in [5.41, 5.74) is 2.05. The van der Waals surface area contributed by atoms with Gasteiger partial charge in [-0.3, -0.25) is 9.59 Å². The number of anilines is 2. The van der Waals surface area contributed by atoms with Crippen molar-refractivity contribution in [2.75, 3.05) is 22.6 Å². The Labute approximate surface area is 124 Å². The average Bonchev–Trinajstić information content (AvgIpc) is 2.38. The van der Waals surface area contributed by atoms with Crippen LogP contribution >= 0.6 is 0 Å². The van der Waals surface area contributed by atoms with Crippen LogP contribution in [0.3, 0.4) is 0 Å². The van der Waals surface area contributed by atoms with Gasteiger partial charge in [-0.25, -0.2) is 8.42 Å². The van der Waals surface area contributed by atoms with Crippen LogP contribution in [0.4, 0.5) is 11.4 Å². The maximum atomic E-state index is 11.7. The first-order valence-corrected chi connectivity index (χ1v) is 8.65. The van der Waals surface area contributed by atoms with Crippen molar-refractivity contribution in [2.45, 2.75) is 26.7 Å².